The second-order valence-electron chi connectivity index (χ2n) is 4.34. The number of nitrogens with zero attached hydrogens (tertiary/aromatic N) is 4. The standard InChI is InChI=1S/C12H17N5O/c1-8(2)10-11(13)15-16-17(10)7-9-5-4-6-14-12(9)18-3/h4-6,8H,7,13H2,1-3H3. The van der Waals surface area contributed by atoms with Crippen LogP contribution in [0.4, 0.5) is 5.82 Å². The first-order valence-corrected chi connectivity index (χ1v) is 5.80. The number of rotatable bonds is 4. The van der Waals surface area contributed by atoms with Gasteiger partial charge >= 0.3 is 0 Å². The van der Waals surface area contributed by atoms with Crippen molar-refractivity contribution in [3.05, 3.63) is 29.6 Å². The molecule has 0 spiro atoms. The van der Waals surface area contributed by atoms with Gasteiger partial charge in [0.25, 0.3) is 0 Å². The van der Waals surface area contributed by atoms with Crippen molar-refractivity contribution in [2.45, 2.75) is 26.3 Å². The van der Waals surface area contributed by atoms with Gasteiger partial charge in [-0.15, -0.1) is 5.10 Å². The van der Waals surface area contributed by atoms with E-state index in [1.807, 2.05) is 12.1 Å². The van der Waals surface area contributed by atoms with Crippen molar-refractivity contribution in [1.82, 2.24) is 20.0 Å². The molecule has 6 nitrogen and oxygen atoms in total. The van der Waals surface area contributed by atoms with E-state index in [-0.39, 0.29) is 5.92 Å². The van der Waals surface area contributed by atoms with E-state index in [1.165, 1.54) is 0 Å². The van der Waals surface area contributed by atoms with Gasteiger partial charge in [-0.25, -0.2) is 9.67 Å². The molecule has 2 N–H and O–H groups in total. The zero-order chi connectivity index (χ0) is 13.1. The van der Waals surface area contributed by atoms with Crippen molar-refractivity contribution in [3.63, 3.8) is 0 Å². The van der Waals surface area contributed by atoms with Crippen LogP contribution < -0.4 is 10.5 Å². The van der Waals surface area contributed by atoms with Gasteiger partial charge in [0.05, 0.1) is 19.3 Å². The third-order valence-electron chi connectivity index (χ3n) is 2.71. The molecule has 0 fully saturated rings. The number of nitrogen functional groups attached to an aromatic ring is 1. The minimum absolute atomic E-state index is 0.266. The number of pyridine rings is 1. The Morgan fingerprint density at radius 2 is 2.22 bits per heavy atom. The summed E-state index contributed by atoms with van der Waals surface area (Å²) in [4.78, 5) is 4.16. The lowest BCUT2D eigenvalue weighted by Crippen LogP contribution is -2.10. The molecule has 0 aromatic carbocycles. The first kappa shape index (κ1) is 12.3. The number of ether oxygens (including phenoxy) is 1. The molecule has 0 unspecified atom stereocenters. The Hall–Kier alpha value is -2.11. The normalized spacial score (nSPS) is 10.9. The summed E-state index contributed by atoms with van der Waals surface area (Å²) >= 11 is 0. The van der Waals surface area contributed by atoms with Crippen LogP contribution in [0.15, 0.2) is 18.3 Å². The molecule has 0 bridgehead atoms. The topological polar surface area (TPSA) is 78.8 Å². The molecule has 2 aromatic heterocycles. The van der Waals surface area contributed by atoms with Gasteiger partial charge < -0.3 is 10.5 Å². The van der Waals surface area contributed by atoms with Crippen LogP contribution >= 0.6 is 0 Å². The molecule has 0 amide bonds. The van der Waals surface area contributed by atoms with E-state index >= 15 is 0 Å². The molecule has 0 saturated heterocycles. The highest BCUT2D eigenvalue weighted by Gasteiger charge is 2.15. The van der Waals surface area contributed by atoms with Gasteiger partial charge in [0.2, 0.25) is 5.88 Å². The summed E-state index contributed by atoms with van der Waals surface area (Å²) in [5, 5.41) is 7.99. The van der Waals surface area contributed by atoms with E-state index < -0.39 is 0 Å². The highest BCUT2D eigenvalue weighted by molar-refractivity contribution is 5.36. The van der Waals surface area contributed by atoms with E-state index in [1.54, 1.807) is 18.0 Å². The molecule has 0 radical (unpaired) electrons. The van der Waals surface area contributed by atoms with Gasteiger partial charge in [-0.2, -0.15) is 0 Å². The Labute approximate surface area is 106 Å². The largest absolute Gasteiger partial charge is 0.481 e. The van der Waals surface area contributed by atoms with Crippen LogP contribution in [0.2, 0.25) is 0 Å². The monoisotopic (exact) mass is 247 g/mol. The predicted molar refractivity (Wildman–Crippen MR) is 68.4 cm³/mol. The zero-order valence-corrected chi connectivity index (χ0v) is 10.8. The number of nitrogens with two attached hydrogens (primary N) is 1. The molecular weight excluding hydrogens is 230 g/mol. The van der Waals surface area contributed by atoms with Gasteiger partial charge in [0, 0.05) is 11.8 Å². The second-order valence-corrected chi connectivity index (χ2v) is 4.34. The second kappa shape index (κ2) is 5.03. The SMILES string of the molecule is COc1ncccc1Cn1nnc(N)c1C(C)C. The highest BCUT2D eigenvalue weighted by Crippen LogP contribution is 2.22. The third kappa shape index (κ3) is 2.27. The lowest BCUT2D eigenvalue weighted by Gasteiger charge is -2.11. The Bertz CT molecular complexity index is 535. The number of methoxy groups -OCH3 is 1. The molecule has 0 saturated carbocycles. The maximum Gasteiger partial charge on any atom is 0.218 e. The van der Waals surface area contributed by atoms with Crippen LogP contribution in [0.3, 0.4) is 0 Å². The summed E-state index contributed by atoms with van der Waals surface area (Å²) in [7, 11) is 1.60. The number of hydrogen-bond donors (Lipinski definition) is 1. The minimum Gasteiger partial charge on any atom is -0.481 e. The quantitative estimate of drug-likeness (QED) is 0.884. The molecule has 0 aliphatic heterocycles. The molecule has 2 rings (SSSR count). The van der Waals surface area contributed by atoms with Crippen LogP contribution in [0, 0.1) is 0 Å². The van der Waals surface area contributed by atoms with Crippen molar-refractivity contribution in [3.8, 4) is 5.88 Å². The molecule has 2 aromatic rings. The highest BCUT2D eigenvalue weighted by atomic mass is 16.5. The molecule has 0 aliphatic rings. The number of hydrogen-bond acceptors (Lipinski definition) is 5. The average molecular weight is 247 g/mol. The molecule has 0 atom stereocenters. The molecule has 0 aliphatic carbocycles. The van der Waals surface area contributed by atoms with Crippen molar-refractivity contribution in [1.29, 1.82) is 0 Å². The van der Waals surface area contributed by atoms with Crippen molar-refractivity contribution in [2.75, 3.05) is 12.8 Å². The van der Waals surface area contributed by atoms with E-state index in [2.05, 4.69) is 29.1 Å². The molecule has 2 heterocycles. The first-order chi connectivity index (χ1) is 8.63. The molecule has 96 valence electrons. The Kier molecular flexibility index (Phi) is 3.45. The third-order valence-corrected chi connectivity index (χ3v) is 2.71. The predicted octanol–water partition coefficient (Wildman–Crippen LogP) is 1.44. The number of aromatic nitrogens is 4. The summed E-state index contributed by atoms with van der Waals surface area (Å²) in [6.07, 6.45) is 1.70. The summed E-state index contributed by atoms with van der Waals surface area (Å²) in [5.41, 5.74) is 7.71. The first-order valence-electron chi connectivity index (χ1n) is 5.80. The smallest absolute Gasteiger partial charge is 0.218 e. The zero-order valence-electron chi connectivity index (χ0n) is 10.8. The van der Waals surface area contributed by atoms with Crippen LogP contribution in [0.25, 0.3) is 0 Å². The lowest BCUT2D eigenvalue weighted by molar-refractivity contribution is 0.389. The fraction of sp³-hybridized carbons (Fsp3) is 0.417. The average Bonchev–Trinajstić information content (AvgIpc) is 2.71. The Balaban J connectivity index is 2.34. The summed E-state index contributed by atoms with van der Waals surface area (Å²) in [6, 6.07) is 3.82. The van der Waals surface area contributed by atoms with Gasteiger partial charge in [-0.05, 0) is 12.0 Å². The van der Waals surface area contributed by atoms with E-state index in [9.17, 15) is 0 Å². The summed E-state index contributed by atoms with van der Waals surface area (Å²) < 4.78 is 7.01. The van der Waals surface area contributed by atoms with Gasteiger partial charge in [0.1, 0.15) is 0 Å². The fourth-order valence-corrected chi connectivity index (χ4v) is 1.93. The lowest BCUT2D eigenvalue weighted by atomic mass is 10.1. The van der Waals surface area contributed by atoms with Crippen LogP contribution in [0.1, 0.15) is 31.0 Å². The van der Waals surface area contributed by atoms with E-state index in [4.69, 9.17) is 10.5 Å². The van der Waals surface area contributed by atoms with E-state index in [0.29, 0.717) is 18.2 Å². The Morgan fingerprint density at radius 3 is 2.89 bits per heavy atom. The maximum absolute atomic E-state index is 5.83. The maximum atomic E-state index is 5.83. The Morgan fingerprint density at radius 1 is 1.44 bits per heavy atom. The molecule has 6 heteroatoms. The van der Waals surface area contributed by atoms with Crippen molar-refractivity contribution < 1.29 is 4.74 Å². The van der Waals surface area contributed by atoms with Gasteiger partial charge in [-0.1, -0.05) is 25.1 Å². The minimum atomic E-state index is 0.266. The summed E-state index contributed by atoms with van der Waals surface area (Å²) in [6.45, 7) is 4.67. The van der Waals surface area contributed by atoms with Gasteiger partial charge in [0.15, 0.2) is 5.82 Å². The van der Waals surface area contributed by atoms with Crippen LogP contribution in [-0.2, 0) is 6.54 Å². The number of anilines is 1. The van der Waals surface area contributed by atoms with E-state index in [0.717, 1.165) is 11.3 Å². The van der Waals surface area contributed by atoms with Crippen molar-refractivity contribution in [2.24, 2.45) is 0 Å². The summed E-state index contributed by atoms with van der Waals surface area (Å²) in [5.74, 6) is 1.34. The fourth-order valence-electron chi connectivity index (χ4n) is 1.93. The van der Waals surface area contributed by atoms with Crippen molar-refractivity contribution >= 4 is 5.82 Å². The molecular formula is C12H17N5O. The van der Waals surface area contributed by atoms with Crippen LogP contribution in [-0.4, -0.2) is 27.1 Å². The van der Waals surface area contributed by atoms with Crippen LogP contribution in [0.5, 0.6) is 5.88 Å². The van der Waals surface area contributed by atoms with Gasteiger partial charge in [-0.3, -0.25) is 0 Å². The molecule has 18 heavy (non-hydrogen) atoms.